The van der Waals surface area contributed by atoms with Crippen LogP contribution in [0.4, 0.5) is 11.8 Å². The first-order chi connectivity index (χ1) is 10.1. The van der Waals surface area contributed by atoms with Crippen molar-refractivity contribution in [1.82, 2.24) is 9.97 Å². The van der Waals surface area contributed by atoms with Gasteiger partial charge in [-0.2, -0.15) is 4.98 Å². The lowest BCUT2D eigenvalue weighted by Crippen LogP contribution is -2.23. The Hall–Kier alpha value is -1.81. The van der Waals surface area contributed by atoms with E-state index in [0.717, 1.165) is 29.4 Å². The topological polar surface area (TPSA) is 41.1 Å². The largest absolute Gasteiger partial charge is 0.354 e. The number of halogens is 1. The van der Waals surface area contributed by atoms with Gasteiger partial charge in [0, 0.05) is 24.8 Å². The molecule has 2 rings (SSSR count). The molecule has 0 saturated heterocycles. The average Bonchev–Trinajstić information content (AvgIpc) is 2.51. The Morgan fingerprint density at radius 3 is 2.86 bits per heavy atom. The van der Waals surface area contributed by atoms with Crippen LogP contribution < -0.4 is 10.2 Å². The summed E-state index contributed by atoms with van der Waals surface area (Å²) in [5.41, 5.74) is 1.16. The first-order valence-electron chi connectivity index (χ1n) is 7.17. The molecule has 112 valence electrons. The minimum atomic E-state index is 0.178. The molecule has 0 aliphatic rings. The first-order valence-corrected chi connectivity index (χ1v) is 7.55. The fourth-order valence-electron chi connectivity index (χ4n) is 2.06. The molecule has 1 unspecified atom stereocenters. The molecule has 0 fully saturated rings. The summed E-state index contributed by atoms with van der Waals surface area (Å²) >= 11 is 6.07. The monoisotopic (exact) mass is 304 g/mol. The smallest absolute Gasteiger partial charge is 0.224 e. The van der Waals surface area contributed by atoms with Gasteiger partial charge in [-0.1, -0.05) is 30.7 Å². The number of hydrogen-bond acceptors (Lipinski definition) is 4. The summed E-state index contributed by atoms with van der Waals surface area (Å²) in [6.07, 6.45) is 2.82. The molecule has 0 saturated carbocycles. The van der Waals surface area contributed by atoms with Crippen LogP contribution in [0.25, 0.3) is 0 Å². The van der Waals surface area contributed by atoms with E-state index in [9.17, 15) is 0 Å². The molecular formula is C16H21ClN4. The Bertz CT molecular complexity index is 588. The van der Waals surface area contributed by atoms with Crippen LogP contribution in [0.3, 0.4) is 0 Å². The molecule has 5 heteroatoms. The van der Waals surface area contributed by atoms with Gasteiger partial charge < -0.3 is 10.2 Å². The zero-order valence-electron chi connectivity index (χ0n) is 12.7. The van der Waals surface area contributed by atoms with E-state index in [1.54, 1.807) is 6.20 Å². The predicted molar refractivity (Wildman–Crippen MR) is 89.1 cm³/mol. The van der Waals surface area contributed by atoms with Crippen molar-refractivity contribution in [3.63, 3.8) is 0 Å². The van der Waals surface area contributed by atoms with Gasteiger partial charge in [0.15, 0.2) is 0 Å². The van der Waals surface area contributed by atoms with Crippen molar-refractivity contribution in [2.45, 2.75) is 26.3 Å². The highest BCUT2D eigenvalue weighted by atomic mass is 35.5. The van der Waals surface area contributed by atoms with Crippen molar-refractivity contribution in [1.29, 1.82) is 0 Å². The van der Waals surface area contributed by atoms with Gasteiger partial charge in [0.25, 0.3) is 0 Å². The van der Waals surface area contributed by atoms with E-state index in [-0.39, 0.29) is 6.04 Å². The van der Waals surface area contributed by atoms with E-state index >= 15 is 0 Å². The maximum atomic E-state index is 6.07. The van der Waals surface area contributed by atoms with Crippen molar-refractivity contribution in [2.75, 3.05) is 23.8 Å². The van der Waals surface area contributed by atoms with Gasteiger partial charge in [-0.15, -0.1) is 0 Å². The molecule has 0 bridgehead atoms. The second kappa shape index (κ2) is 7.27. The van der Waals surface area contributed by atoms with Crippen molar-refractivity contribution in [3.8, 4) is 0 Å². The van der Waals surface area contributed by atoms with E-state index in [1.807, 2.05) is 31.3 Å². The molecule has 1 aromatic heterocycles. The molecule has 2 aromatic rings. The maximum Gasteiger partial charge on any atom is 0.224 e. The summed E-state index contributed by atoms with van der Waals surface area (Å²) < 4.78 is 0. The lowest BCUT2D eigenvalue weighted by Gasteiger charge is -2.26. The lowest BCUT2D eigenvalue weighted by atomic mass is 10.1. The van der Waals surface area contributed by atoms with Crippen molar-refractivity contribution >= 4 is 23.4 Å². The van der Waals surface area contributed by atoms with Crippen LogP contribution in [0.15, 0.2) is 36.5 Å². The Labute approximate surface area is 131 Å². The van der Waals surface area contributed by atoms with Crippen LogP contribution in [0.5, 0.6) is 0 Å². The number of anilines is 2. The summed E-state index contributed by atoms with van der Waals surface area (Å²) in [6, 6.07) is 10.0. The highest BCUT2D eigenvalue weighted by Crippen LogP contribution is 2.25. The molecule has 1 heterocycles. The quantitative estimate of drug-likeness (QED) is 0.870. The summed E-state index contributed by atoms with van der Waals surface area (Å²) in [6.45, 7) is 5.12. The van der Waals surface area contributed by atoms with Crippen molar-refractivity contribution in [2.24, 2.45) is 0 Å². The van der Waals surface area contributed by atoms with Crippen LogP contribution >= 0.6 is 11.6 Å². The van der Waals surface area contributed by atoms with Gasteiger partial charge in [-0.05, 0) is 37.1 Å². The van der Waals surface area contributed by atoms with Crippen LogP contribution in [0.1, 0.15) is 31.9 Å². The number of aromatic nitrogens is 2. The Kier molecular flexibility index (Phi) is 5.39. The zero-order valence-corrected chi connectivity index (χ0v) is 13.4. The SMILES string of the molecule is CCCNc1nccc(N(C)C(C)c2cccc(Cl)c2)n1. The normalized spacial score (nSPS) is 12.0. The minimum Gasteiger partial charge on any atom is -0.354 e. The molecule has 21 heavy (non-hydrogen) atoms. The molecule has 0 aliphatic heterocycles. The first kappa shape index (κ1) is 15.6. The summed E-state index contributed by atoms with van der Waals surface area (Å²) in [4.78, 5) is 10.9. The number of nitrogens with zero attached hydrogens (tertiary/aromatic N) is 3. The molecule has 0 radical (unpaired) electrons. The van der Waals surface area contributed by atoms with E-state index in [0.29, 0.717) is 5.95 Å². The molecule has 1 aromatic carbocycles. The molecule has 0 aliphatic carbocycles. The molecule has 1 atom stereocenters. The van der Waals surface area contributed by atoms with Gasteiger partial charge in [0.2, 0.25) is 5.95 Å². The molecule has 1 N–H and O–H groups in total. The Morgan fingerprint density at radius 1 is 1.33 bits per heavy atom. The number of benzene rings is 1. The number of hydrogen-bond donors (Lipinski definition) is 1. The van der Waals surface area contributed by atoms with Gasteiger partial charge in [0.1, 0.15) is 5.82 Å². The van der Waals surface area contributed by atoms with E-state index in [1.165, 1.54) is 0 Å². The number of nitrogens with one attached hydrogen (secondary N) is 1. The summed E-state index contributed by atoms with van der Waals surface area (Å²) in [5.74, 6) is 1.55. The summed E-state index contributed by atoms with van der Waals surface area (Å²) in [5, 5.41) is 3.96. The summed E-state index contributed by atoms with van der Waals surface area (Å²) in [7, 11) is 2.03. The maximum absolute atomic E-state index is 6.07. The van der Waals surface area contributed by atoms with Crippen LogP contribution in [-0.4, -0.2) is 23.6 Å². The van der Waals surface area contributed by atoms with E-state index in [2.05, 4.69) is 40.1 Å². The Morgan fingerprint density at radius 2 is 2.14 bits per heavy atom. The highest BCUT2D eigenvalue weighted by molar-refractivity contribution is 6.30. The second-order valence-corrected chi connectivity index (χ2v) is 5.44. The van der Waals surface area contributed by atoms with Crippen molar-refractivity contribution in [3.05, 3.63) is 47.1 Å². The molecule has 0 amide bonds. The standard InChI is InChI=1S/C16H21ClN4/c1-4-9-18-16-19-10-8-15(20-16)21(3)12(2)13-6-5-7-14(17)11-13/h5-8,10-12H,4,9H2,1-3H3,(H,18,19,20). The lowest BCUT2D eigenvalue weighted by molar-refractivity contribution is 0.727. The van der Waals surface area contributed by atoms with Crippen molar-refractivity contribution < 1.29 is 0 Å². The highest BCUT2D eigenvalue weighted by Gasteiger charge is 2.14. The fourth-order valence-corrected chi connectivity index (χ4v) is 2.25. The van der Waals surface area contributed by atoms with Gasteiger partial charge in [-0.3, -0.25) is 0 Å². The van der Waals surface area contributed by atoms with Gasteiger partial charge in [0.05, 0.1) is 6.04 Å². The third-order valence-electron chi connectivity index (χ3n) is 3.45. The van der Waals surface area contributed by atoms with E-state index < -0.39 is 0 Å². The van der Waals surface area contributed by atoms with Crippen LogP contribution in [0, 0.1) is 0 Å². The fraction of sp³-hybridized carbons (Fsp3) is 0.375. The van der Waals surface area contributed by atoms with E-state index in [4.69, 9.17) is 11.6 Å². The molecule has 0 spiro atoms. The average molecular weight is 305 g/mol. The van der Waals surface area contributed by atoms with Crippen LogP contribution in [0.2, 0.25) is 5.02 Å². The van der Waals surface area contributed by atoms with Crippen LogP contribution in [-0.2, 0) is 0 Å². The van der Waals surface area contributed by atoms with Gasteiger partial charge >= 0.3 is 0 Å². The van der Waals surface area contributed by atoms with Gasteiger partial charge in [-0.25, -0.2) is 4.98 Å². The molecular weight excluding hydrogens is 284 g/mol. The number of rotatable bonds is 6. The minimum absolute atomic E-state index is 0.178. The second-order valence-electron chi connectivity index (χ2n) is 5.01. The third kappa shape index (κ3) is 4.08. The zero-order chi connectivity index (χ0) is 15.2. The predicted octanol–water partition coefficient (Wildman–Crippen LogP) is 4.15. The molecule has 4 nitrogen and oxygen atoms in total. The third-order valence-corrected chi connectivity index (χ3v) is 3.68. The Balaban J connectivity index is 2.17.